The molecule has 0 radical (unpaired) electrons. The van der Waals surface area contributed by atoms with E-state index in [-0.39, 0.29) is 5.56 Å². The third-order valence-corrected chi connectivity index (χ3v) is 2.70. The quantitative estimate of drug-likeness (QED) is 0.674. The number of carbonyl (C=O) groups is 1. The van der Waals surface area contributed by atoms with Gasteiger partial charge in [0, 0.05) is 5.56 Å². The Morgan fingerprint density at radius 1 is 1.38 bits per heavy atom. The molecule has 0 saturated carbocycles. The summed E-state index contributed by atoms with van der Waals surface area (Å²) in [6, 6.07) is 6.84. The minimum absolute atomic E-state index is 0.292. The van der Waals surface area contributed by atoms with E-state index in [9.17, 15) is 23.7 Å². The van der Waals surface area contributed by atoms with Crippen molar-refractivity contribution in [3.63, 3.8) is 0 Å². The second-order valence-corrected chi connectivity index (χ2v) is 4.19. The molecule has 0 aliphatic heterocycles. The SMILES string of the molecule is O=C(O)c1nn(CC(F)(F)c2ccccc2)cc1[N+](=O)[O-]. The summed E-state index contributed by atoms with van der Waals surface area (Å²) in [7, 11) is 0. The zero-order valence-corrected chi connectivity index (χ0v) is 10.4. The lowest BCUT2D eigenvalue weighted by atomic mass is 10.1. The van der Waals surface area contributed by atoms with Gasteiger partial charge in [0.25, 0.3) is 5.92 Å². The summed E-state index contributed by atoms with van der Waals surface area (Å²) in [5.41, 5.74) is -1.99. The molecule has 0 saturated heterocycles. The number of aromatic carboxylic acids is 1. The van der Waals surface area contributed by atoms with Gasteiger partial charge in [0.2, 0.25) is 5.69 Å². The van der Waals surface area contributed by atoms with Crippen molar-refractivity contribution in [2.45, 2.75) is 12.5 Å². The van der Waals surface area contributed by atoms with Crippen LogP contribution in [0.25, 0.3) is 0 Å². The van der Waals surface area contributed by atoms with Crippen LogP contribution in [0.3, 0.4) is 0 Å². The number of hydrogen-bond acceptors (Lipinski definition) is 4. The van der Waals surface area contributed by atoms with Gasteiger partial charge >= 0.3 is 11.7 Å². The van der Waals surface area contributed by atoms with Crippen LogP contribution in [-0.4, -0.2) is 25.8 Å². The van der Waals surface area contributed by atoms with Gasteiger partial charge in [-0.25, -0.2) is 4.79 Å². The maximum atomic E-state index is 14.0. The molecule has 110 valence electrons. The summed E-state index contributed by atoms with van der Waals surface area (Å²) in [6.45, 7) is -0.995. The van der Waals surface area contributed by atoms with Gasteiger partial charge in [0.15, 0.2) is 0 Å². The molecule has 7 nitrogen and oxygen atoms in total. The van der Waals surface area contributed by atoms with Crippen LogP contribution in [0.15, 0.2) is 36.5 Å². The Morgan fingerprint density at radius 2 is 2.00 bits per heavy atom. The minimum atomic E-state index is -3.34. The number of rotatable bonds is 5. The zero-order valence-electron chi connectivity index (χ0n) is 10.4. The molecule has 1 aromatic carbocycles. The highest BCUT2D eigenvalue weighted by molar-refractivity contribution is 5.89. The van der Waals surface area contributed by atoms with E-state index in [2.05, 4.69) is 5.10 Å². The van der Waals surface area contributed by atoms with Crippen molar-refractivity contribution >= 4 is 11.7 Å². The topological polar surface area (TPSA) is 98.3 Å². The van der Waals surface area contributed by atoms with E-state index in [1.165, 1.54) is 24.3 Å². The van der Waals surface area contributed by atoms with Crippen LogP contribution in [0.1, 0.15) is 16.1 Å². The number of aromatic nitrogens is 2. The molecule has 1 N–H and O–H groups in total. The summed E-state index contributed by atoms with van der Waals surface area (Å²) in [5, 5.41) is 22.8. The first-order chi connectivity index (χ1) is 9.81. The maximum absolute atomic E-state index is 14.0. The van der Waals surface area contributed by atoms with Gasteiger partial charge < -0.3 is 5.11 Å². The van der Waals surface area contributed by atoms with Crippen molar-refractivity contribution in [3.05, 3.63) is 57.9 Å². The highest BCUT2D eigenvalue weighted by Gasteiger charge is 2.34. The summed E-state index contributed by atoms with van der Waals surface area (Å²) < 4.78 is 28.6. The van der Waals surface area contributed by atoms with Crippen LogP contribution < -0.4 is 0 Å². The summed E-state index contributed by atoms with van der Waals surface area (Å²) >= 11 is 0. The molecule has 0 unspecified atom stereocenters. The van der Waals surface area contributed by atoms with Crippen LogP contribution in [0.5, 0.6) is 0 Å². The molecule has 1 heterocycles. The van der Waals surface area contributed by atoms with Crippen molar-refractivity contribution in [2.75, 3.05) is 0 Å². The van der Waals surface area contributed by atoms with Gasteiger partial charge in [-0.05, 0) is 0 Å². The Balaban J connectivity index is 2.34. The average molecular weight is 297 g/mol. The summed E-state index contributed by atoms with van der Waals surface area (Å²) in [4.78, 5) is 20.5. The predicted molar refractivity (Wildman–Crippen MR) is 66.2 cm³/mol. The van der Waals surface area contributed by atoms with Gasteiger partial charge in [-0.3, -0.25) is 14.8 Å². The predicted octanol–water partition coefficient (Wildman–Crippen LogP) is 2.28. The number of nitrogens with zero attached hydrogens (tertiary/aromatic N) is 3. The van der Waals surface area contributed by atoms with Crippen molar-refractivity contribution < 1.29 is 23.6 Å². The first-order valence-corrected chi connectivity index (χ1v) is 5.70. The lowest BCUT2D eigenvalue weighted by molar-refractivity contribution is -0.385. The highest BCUT2D eigenvalue weighted by Crippen LogP contribution is 2.30. The number of hydrogen-bond donors (Lipinski definition) is 1. The molecule has 1 aromatic heterocycles. The van der Waals surface area contributed by atoms with Crippen molar-refractivity contribution in [1.82, 2.24) is 9.78 Å². The normalized spacial score (nSPS) is 11.3. The molecular weight excluding hydrogens is 288 g/mol. The van der Waals surface area contributed by atoms with Gasteiger partial charge in [-0.1, -0.05) is 30.3 Å². The first-order valence-electron chi connectivity index (χ1n) is 5.70. The number of nitro groups is 1. The standard InChI is InChI=1S/C12H9F2N3O4/c13-12(14,8-4-2-1-3-5-8)7-16-6-9(17(20)21)10(15-16)11(18)19/h1-6H,7H2,(H,18,19). The molecule has 0 aliphatic rings. The lowest BCUT2D eigenvalue weighted by Crippen LogP contribution is -2.22. The number of alkyl halides is 2. The van der Waals surface area contributed by atoms with Crippen LogP contribution in [0.4, 0.5) is 14.5 Å². The van der Waals surface area contributed by atoms with Gasteiger partial charge in [0.05, 0.1) is 4.92 Å². The molecule has 0 amide bonds. The Kier molecular flexibility index (Phi) is 3.66. The molecule has 21 heavy (non-hydrogen) atoms. The van der Waals surface area contributed by atoms with E-state index in [1.807, 2.05) is 0 Å². The minimum Gasteiger partial charge on any atom is -0.476 e. The molecule has 0 atom stereocenters. The molecule has 0 aliphatic carbocycles. The fourth-order valence-electron chi connectivity index (χ4n) is 1.75. The van der Waals surface area contributed by atoms with E-state index < -0.39 is 34.7 Å². The third-order valence-electron chi connectivity index (χ3n) is 2.70. The highest BCUT2D eigenvalue weighted by atomic mass is 19.3. The van der Waals surface area contributed by atoms with E-state index in [1.54, 1.807) is 6.07 Å². The summed E-state index contributed by atoms with van der Waals surface area (Å²) in [5.74, 6) is -4.99. The Hall–Kier alpha value is -2.84. The molecule has 0 bridgehead atoms. The van der Waals surface area contributed by atoms with Gasteiger partial charge in [-0.15, -0.1) is 0 Å². The maximum Gasteiger partial charge on any atom is 0.363 e. The van der Waals surface area contributed by atoms with Gasteiger partial charge in [-0.2, -0.15) is 13.9 Å². The van der Waals surface area contributed by atoms with Crippen molar-refractivity contribution in [3.8, 4) is 0 Å². The van der Waals surface area contributed by atoms with Crippen LogP contribution in [0.2, 0.25) is 0 Å². The Morgan fingerprint density at radius 3 is 2.48 bits per heavy atom. The number of carboxylic acid groups (broad SMARTS) is 1. The zero-order chi connectivity index (χ0) is 15.6. The van der Waals surface area contributed by atoms with Crippen molar-refractivity contribution in [1.29, 1.82) is 0 Å². The largest absolute Gasteiger partial charge is 0.476 e. The van der Waals surface area contributed by atoms with Crippen LogP contribution in [-0.2, 0) is 12.5 Å². The molecule has 2 aromatic rings. The third kappa shape index (κ3) is 3.02. The second kappa shape index (κ2) is 5.27. The molecule has 2 rings (SSSR count). The monoisotopic (exact) mass is 297 g/mol. The molecule has 0 fully saturated rings. The Bertz CT molecular complexity index is 654. The van der Waals surface area contributed by atoms with Crippen LogP contribution >= 0.6 is 0 Å². The molecule has 9 heteroatoms. The Labute approximate surface area is 116 Å². The lowest BCUT2D eigenvalue weighted by Gasteiger charge is -2.16. The number of carboxylic acids is 1. The molecule has 0 spiro atoms. The van der Waals surface area contributed by atoms with Gasteiger partial charge in [0.1, 0.15) is 12.7 Å². The fraction of sp³-hybridized carbons (Fsp3) is 0.167. The second-order valence-electron chi connectivity index (χ2n) is 4.19. The first kappa shape index (κ1) is 14.6. The summed E-state index contributed by atoms with van der Waals surface area (Å²) in [6.07, 6.45) is 0.681. The smallest absolute Gasteiger partial charge is 0.363 e. The van der Waals surface area contributed by atoms with Crippen LogP contribution in [0, 0.1) is 10.1 Å². The van der Waals surface area contributed by atoms with E-state index in [4.69, 9.17) is 5.11 Å². The average Bonchev–Trinajstić information content (AvgIpc) is 2.83. The fourth-order valence-corrected chi connectivity index (χ4v) is 1.75. The number of benzene rings is 1. The van der Waals surface area contributed by atoms with E-state index >= 15 is 0 Å². The van der Waals surface area contributed by atoms with Crippen molar-refractivity contribution in [2.24, 2.45) is 0 Å². The van der Waals surface area contributed by atoms with E-state index in [0.29, 0.717) is 10.9 Å². The number of halogens is 2. The van der Waals surface area contributed by atoms with E-state index in [0.717, 1.165) is 0 Å². The molecular formula is C12H9F2N3O4.